The normalized spacial score (nSPS) is 40.1. The van der Waals surface area contributed by atoms with Gasteiger partial charge in [0, 0.05) is 19.4 Å². The molecule has 0 aliphatic heterocycles. The summed E-state index contributed by atoms with van der Waals surface area (Å²) in [5, 5.41) is 0. The van der Waals surface area contributed by atoms with E-state index in [0.29, 0.717) is 23.7 Å². The average Bonchev–Trinajstić information content (AvgIpc) is 2.19. The second kappa shape index (κ2) is 3.79. The van der Waals surface area contributed by atoms with E-state index in [4.69, 9.17) is 4.74 Å². The van der Waals surface area contributed by atoms with E-state index in [1.165, 1.54) is 19.3 Å². The third-order valence-electron chi connectivity index (χ3n) is 3.69. The molecule has 74 valence electrons. The highest BCUT2D eigenvalue weighted by Gasteiger charge is 2.39. The Bertz CT molecular complexity index is 200. The first kappa shape index (κ1) is 9.20. The summed E-state index contributed by atoms with van der Waals surface area (Å²) in [5.41, 5.74) is 0. The van der Waals surface area contributed by atoms with E-state index in [1.54, 1.807) is 7.11 Å². The Hall–Kier alpha value is -0.370. The van der Waals surface area contributed by atoms with Crippen molar-refractivity contribution < 1.29 is 9.53 Å². The average molecular weight is 182 g/mol. The van der Waals surface area contributed by atoms with E-state index in [-0.39, 0.29) is 0 Å². The van der Waals surface area contributed by atoms with Gasteiger partial charge in [0.2, 0.25) is 0 Å². The zero-order chi connectivity index (χ0) is 9.26. The summed E-state index contributed by atoms with van der Waals surface area (Å²) in [5.74, 6) is 1.38. The zero-order valence-corrected chi connectivity index (χ0v) is 8.29. The van der Waals surface area contributed by atoms with Crippen LogP contribution in [0, 0.1) is 11.8 Å². The molecule has 2 saturated carbocycles. The summed E-state index contributed by atoms with van der Waals surface area (Å²) in [6, 6.07) is 0. The molecule has 0 aromatic rings. The Morgan fingerprint density at radius 1 is 1.23 bits per heavy atom. The van der Waals surface area contributed by atoms with Crippen LogP contribution in [-0.2, 0) is 9.53 Å². The highest BCUT2D eigenvalue weighted by molar-refractivity contribution is 5.82. The number of hydrogen-bond donors (Lipinski definition) is 0. The van der Waals surface area contributed by atoms with Gasteiger partial charge in [0.05, 0.1) is 6.10 Å². The molecular weight excluding hydrogens is 164 g/mol. The van der Waals surface area contributed by atoms with Crippen molar-refractivity contribution in [3.63, 3.8) is 0 Å². The van der Waals surface area contributed by atoms with E-state index < -0.39 is 0 Å². The van der Waals surface area contributed by atoms with Crippen LogP contribution in [0.5, 0.6) is 0 Å². The number of rotatable bonds is 1. The Labute approximate surface area is 79.7 Å². The molecule has 0 saturated heterocycles. The Kier molecular flexibility index (Phi) is 2.68. The molecule has 2 rings (SSSR count). The van der Waals surface area contributed by atoms with Gasteiger partial charge in [-0.15, -0.1) is 0 Å². The lowest BCUT2D eigenvalue weighted by atomic mass is 9.69. The molecule has 2 aliphatic carbocycles. The monoisotopic (exact) mass is 182 g/mol. The summed E-state index contributed by atoms with van der Waals surface area (Å²) in [6.45, 7) is 0. The summed E-state index contributed by atoms with van der Waals surface area (Å²) < 4.78 is 5.46. The lowest BCUT2D eigenvalue weighted by molar-refractivity contribution is -0.134. The van der Waals surface area contributed by atoms with Crippen molar-refractivity contribution in [2.24, 2.45) is 11.8 Å². The third-order valence-corrected chi connectivity index (χ3v) is 3.69. The summed E-state index contributed by atoms with van der Waals surface area (Å²) >= 11 is 0. The molecule has 2 nitrogen and oxygen atoms in total. The van der Waals surface area contributed by atoms with Gasteiger partial charge in [-0.1, -0.05) is 12.8 Å². The van der Waals surface area contributed by atoms with Crippen LogP contribution < -0.4 is 0 Å². The van der Waals surface area contributed by atoms with Crippen molar-refractivity contribution in [3.05, 3.63) is 0 Å². The SMILES string of the molecule is CO[C@@H]1CCC(=O)[C@H]2CCCC[C@@H]21. The fourth-order valence-electron chi connectivity index (χ4n) is 2.98. The van der Waals surface area contributed by atoms with Crippen LogP contribution in [0.25, 0.3) is 0 Å². The van der Waals surface area contributed by atoms with Crippen molar-refractivity contribution in [2.75, 3.05) is 7.11 Å². The minimum Gasteiger partial charge on any atom is -0.381 e. The number of Topliss-reactive ketones (excluding diaryl/α,β-unsaturated/α-hetero) is 1. The van der Waals surface area contributed by atoms with Gasteiger partial charge in [-0.2, -0.15) is 0 Å². The lowest BCUT2D eigenvalue weighted by Gasteiger charge is -2.39. The van der Waals surface area contributed by atoms with Crippen LogP contribution in [0.15, 0.2) is 0 Å². The van der Waals surface area contributed by atoms with E-state index >= 15 is 0 Å². The maximum Gasteiger partial charge on any atom is 0.136 e. The molecular formula is C11H18O2. The van der Waals surface area contributed by atoms with Crippen molar-refractivity contribution >= 4 is 5.78 Å². The highest BCUT2D eigenvalue weighted by atomic mass is 16.5. The maximum atomic E-state index is 11.6. The topological polar surface area (TPSA) is 26.3 Å². The predicted octanol–water partition coefficient (Wildman–Crippen LogP) is 2.17. The largest absolute Gasteiger partial charge is 0.381 e. The van der Waals surface area contributed by atoms with Gasteiger partial charge in [0.15, 0.2) is 0 Å². The summed E-state index contributed by atoms with van der Waals surface area (Å²) in [4.78, 5) is 11.6. The van der Waals surface area contributed by atoms with Crippen molar-refractivity contribution in [3.8, 4) is 0 Å². The minimum absolute atomic E-state index is 0.340. The standard InChI is InChI=1S/C11H18O2/c1-13-11-7-6-10(12)8-4-2-3-5-9(8)11/h8-9,11H,2-7H2,1H3/t8-,9-,11+/m0/s1. The van der Waals surface area contributed by atoms with E-state index in [0.717, 1.165) is 19.3 Å². The number of hydrogen-bond acceptors (Lipinski definition) is 2. The summed E-state index contributed by atoms with van der Waals surface area (Å²) in [6.07, 6.45) is 6.91. The fourth-order valence-corrected chi connectivity index (χ4v) is 2.98. The van der Waals surface area contributed by atoms with Gasteiger partial charge in [0.25, 0.3) is 0 Å². The van der Waals surface area contributed by atoms with Gasteiger partial charge in [0.1, 0.15) is 5.78 Å². The molecule has 0 spiro atoms. The quantitative estimate of drug-likeness (QED) is 0.621. The maximum absolute atomic E-state index is 11.6. The number of ketones is 1. The molecule has 3 atom stereocenters. The molecule has 2 heteroatoms. The van der Waals surface area contributed by atoms with Gasteiger partial charge >= 0.3 is 0 Å². The minimum atomic E-state index is 0.340. The number of ether oxygens (including phenoxy) is 1. The molecule has 0 heterocycles. The molecule has 0 N–H and O–H groups in total. The van der Waals surface area contributed by atoms with Crippen LogP contribution in [0.2, 0.25) is 0 Å². The number of carbonyl (C=O) groups is 1. The molecule has 13 heavy (non-hydrogen) atoms. The Balaban J connectivity index is 2.09. The lowest BCUT2D eigenvalue weighted by Crippen LogP contribution is -2.41. The molecule has 0 radical (unpaired) electrons. The van der Waals surface area contributed by atoms with Crippen LogP contribution in [0.3, 0.4) is 0 Å². The van der Waals surface area contributed by atoms with Crippen LogP contribution >= 0.6 is 0 Å². The van der Waals surface area contributed by atoms with Gasteiger partial charge in [-0.25, -0.2) is 0 Å². The fraction of sp³-hybridized carbons (Fsp3) is 0.909. The molecule has 0 bridgehead atoms. The molecule has 0 unspecified atom stereocenters. The van der Waals surface area contributed by atoms with Gasteiger partial charge in [-0.3, -0.25) is 4.79 Å². The Morgan fingerprint density at radius 3 is 2.77 bits per heavy atom. The van der Waals surface area contributed by atoms with Gasteiger partial charge in [-0.05, 0) is 25.2 Å². The number of carbonyl (C=O) groups excluding carboxylic acids is 1. The first-order valence-electron chi connectivity index (χ1n) is 5.38. The summed E-state index contributed by atoms with van der Waals surface area (Å²) in [7, 11) is 1.78. The number of methoxy groups -OCH3 is 1. The molecule has 2 fully saturated rings. The smallest absolute Gasteiger partial charge is 0.136 e. The van der Waals surface area contributed by atoms with Crippen LogP contribution in [-0.4, -0.2) is 19.0 Å². The van der Waals surface area contributed by atoms with Crippen molar-refractivity contribution in [2.45, 2.75) is 44.6 Å². The predicted molar refractivity (Wildman–Crippen MR) is 50.5 cm³/mol. The first-order chi connectivity index (χ1) is 6.33. The van der Waals surface area contributed by atoms with Crippen molar-refractivity contribution in [1.29, 1.82) is 0 Å². The van der Waals surface area contributed by atoms with E-state index in [2.05, 4.69) is 0 Å². The molecule has 0 aromatic heterocycles. The van der Waals surface area contributed by atoms with Crippen molar-refractivity contribution in [1.82, 2.24) is 0 Å². The van der Waals surface area contributed by atoms with Gasteiger partial charge < -0.3 is 4.74 Å². The second-order valence-electron chi connectivity index (χ2n) is 4.33. The third kappa shape index (κ3) is 1.64. The van der Waals surface area contributed by atoms with Crippen LogP contribution in [0.1, 0.15) is 38.5 Å². The zero-order valence-electron chi connectivity index (χ0n) is 8.29. The first-order valence-corrected chi connectivity index (χ1v) is 5.38. The Morgan fingerprint density at radius 2 is 2.00 bits per heavy atom. The van der Waals surface area contributed by atoms with E-state index in [9.17, 15) is 4.79 Å². The van der Waals surface area contributed by atoms with Crippen LogP contribution in [0.4, 0.5) is 0 Å². The highest BCUT2D eigenvalue weighted by Crippen LogP contribution is 2.39. The molecule has 2 aliphatic rings. The number of fused-ring (bicyclic) bond motifs is 1. The molecule has 0 aromatic carbocycles. The second-order valence-corrected chi connectivity index (χ2v) is 4.33. The van der Waals surface area contributed by atoms with E-state index in [1.807, 2.05) is 0 Å². The molecule has 0 amide bonds.